The van der Waals surface area contributed by atoms with Gasteiger partial charge in [-0.05, 0) is 74.6 Å². The Bertz CT molecular complexity index is 1180. The van der Waals surface area contributed by atoms with Crippen LogP contribution in [0.15, 0.2) is 42.5 Å². The maximum absolute atomic E-state index is 13.2. The van der Waals surface area contributed by atoms with Gasteiger partial charge in [0, 0.05) is 30.3 Å². The second kappa shape index (κ2) is 11.3. The molecule has 0 bridgehead atoms. The first kappa shape index (κ1) is 27.3. The molecular formula is C27H30F3N3O5. The third-order valence-electron chi connectivity index (χ3n) is 6.96. The van der Waals surface area contributed by atoms with E-state index in [0.717, 1.165) is 12.1 Å². The van der Waals surface area contributed by atoms with Crippen molar-refractivity contribution in [3.63, 3.8) is 0 Å². The Morgan fingerprint density at radius 3 is 2.24 bits per heavy atom. The maximum atomic E-state index is 13.2. The highest BCUT2D eigenvalue weighted by atomic mass is 19.4. The molecule has 2 aromatic rings. The first-order valence-electron chi connectivity index (χ1n) is 12.5. The monoisotopic (exact) mass is 533 g/mol. The molecule has 11 heteroatoms. The van der Waals surface area contributed by atoms with Gasteiger partial charge in [-0.25, -0.2) is 0 Å². The number of halogens is 3. The molecule has 0 unspecified atom stereocenters. The lowest BCUT2D eigenvalue weighted by Crippen LogP contribution is -2.55. The number of rotatable bonds is 7. The van der Waals surface area contributed by atoms with Gasteiger partial charge in [0.15, 0.2) is 11.5 Å². The Balaban J connectivity index is 1.43. The molecule has 2 aromatic carbocycles. The van der Waals surface area contributed by atoms with Crippen molar-refractivity contribution in [2.75, 3.05) is 19.9 Å². The predicted molar refractivity (Wildman–Crippen MR) is 132 cm³/mol. The summed E-state index contributed by atoms with van der Waals surface area (Å²) in [5.41, 5.74) is -0.328. The summed E-state index contributed by atoms with van der Waals surface area (Å²) in [6.45, 7) is 4.50. The molecule has 1 saturated heterocycles. The molecule has 1 fully saturated rings. The number of hydrogen-bond donors (Lipinski definition) is 2. The average molecular weight is 534 g/mol. The zero-order chi connectivity index (χ0) is 27.4. The Hall–Kier alpha value is -3.76. The minimum atomic E-state index is -4.48. The van der Waals surface area contributed by atoms with Gasteiger partial charge >= 0.3 is 6.18 Å². The third kappa shape index (κ3) is 6.20. The van der Waals surface area contributed by atoms with Gasteiger partial charge in [0.2, 0.25) is 12.7 Å². The van der Waals surface area contributed by atoms with E-state index in [1.165, 1.54) is 12.1 Å². The molecule has 2 atom stereocenters. The van der Waals surface area contributed by atoms with Gasteiger partial charge in [-0.15, -0.1) is 0 Å². The molecule has 0 aliphatic carbocycles. The Kier molecular flexibility index (Phi) is 8.13. The summed E-state index contributed by atoms with van der Waals surface area (Å²) in [4.78, 5) is 40.7. The van der Waals surface area contributed by atoms with E-state index in [4.69, 9.17) is 9.47 Å². The molecule has 38 heavy (non-hydrogen) atoms. The van der Waals surface area contributed by atoms with Gasteiger partial charge in [0.05, 0.1) is 5.56 Å². The van der Waals surface area contributed by atoms with Crippen molar-refractivity contribution in [3.8, 4) is 11.5 Å². The van der Waals surface area contributed by atoms with E-state index in [0.29, 0.717) is 49.4 Å². The van der Waals surface area contributed by atoms with E-state index in [-0.39, 0.29) is 36.1 Å². The lowest BCUT2D eigenvalue weighted by Gasteiger charge is -2.36. The molecule has 0 aromatic heterocycles. The quantitative estimate of drug-likeness (QED) is 0.561. The smallest absolute Gasteiger partial charge is 0.416 e. The highest BCUT2D eigenvalue weighted by Crippen LogP contribution is 2.33. The van der Waals surface area contributed by atoms with E-state index in [9.17, 15) is 27.6 Å². The first-order valence-corrected chi connectivity index (χ1v) is 12.5. The minimum Gasteiger partial charge on any atom is -0.454 e. The molecule has 0 spiro atoms. The largest absolute Gasteiger partial charge is 0.454 e. The molecule has 2 heterocycles. The van der Waals surface area contributed by atoms with E-state index in [1.54, 1.807) is 23.1 Å². The van der Waals surface area contributed by atoms with Crippen molar-refractivity contribution >= 4 is 17.7 Å². The zero-order valence-corrected chi connectivity index (χ0v) is 21.1. The van der Waals surface area contributed by atoms with Crippen LogP contribution in [-0.2, 0) is 11.0 Å². The summed E-state index contributed by atoms with van der Waals surface area (Å²) in [5, 5.41) is 5.79. The van der Waals surface area contributed by atoms with Crippen molar-refractivity contribution < 1.29 is 37.0 Å². The lowest BCUT2D eigenvalue weighted by molar-refractivity contribution is -0.137. The molecule has 8 nitrogen and oxygen atoms in total. The molecule has 2 aliphatic rings. The minimum absolute atomic E-state index is 0.0735. The summed E-state index contributed by atoms with van der Waals surface area (Å²) in [6.07, 6.45) is -2.89. The van der Waals surface area contributed by atoms with Crippen LogP contribution in [0.2, 0.25) is 0 Å². The van der Waals surface area contributed by atoms with Crippen molar-refractivity contribution in [3.05, 3.63) is 59.2 Å². The fraction of sp³-hybridized carbons (Fsp3) is 0.444. The van der Waals surface area contributed by atoms with Gasteiger partial charge in [0.25, 0.3) is 11.8 Å². The zero-order valence-electron chi connectivity index (χ0n) is 21.1. The van der Waals surface area contributed by atoms with Crippen molar-refractivity contribution in [1.82, 2.24) is 15.5 Å². The summed E-state index contributed by atoms with van der Waals surface area (Å²) in [6, 6.07) is 8.00. The number of carbonyl (C=O) groups is 3. The highest BCUT2D eigenvalue weighted by Gasteiger charge is 2.35. The van der Waals surface area contributed by atoms with Crippen LogP contribution in [-0.4, -0.2) is 54.6 Å². The number of alkyl halides is 3. The number of piperidine rings is 1. The van der Waals surface area contributed by atoms with Gasteiger partial charge in [0.1, 0.15) is 6.04 Å². The molecule has 2 N–H and O–H groups in total. The van der Waals surface area contributed by atoms with Crippen LogP contribution in [0, 0.1) is 5.92 Å². The number of amides is 3. The van der Waals surface area contributed by atoms with Crippen molar-refractivity contribution in [2.24, 2.45) is 5.92 Å². The van der Waals surface area contributed by atoms with Crippen LogP contribution in [0.5, 0.6) is 11.5 Å². The van der Waals surface area contributed by atoms with Crippen LogP contribution in [0.3, 0.4) is 0 Å². The molecule has 3 amide bonds. The number of ether oxygens (including phenoxy) is 2. The summed E-state index contributed by atoms with van der Waals surface area (Å²) >= 11 is 0. The number of carbonyl (C=O) groups excluding carboxylic acids is 3. The van der Waals surface area contributed by atoms with Gasteiger partial charge in [-0.1, -0.05) is 6.92 Å². The number of nitrogens with one attached hydrogen (secondary N) is 2. The van der Waals surface area contributed by atoms with Crippen LogP contribution in [0.25, 0.3) is 0 Å². The standard InChI is InChI=1S/C27H30F3N3O5/c1-3-16(2)31-25(35)23(32-24(34)19-6-9-21-22(14-19)38-15-37-21)17-10-12-33(13-11-17)26(36)18-4-7-20(8-5-18)27(28,29)30/h4-9,14,16-17,23H,3,10-13,15H2,1-2H3,(H,31,35)(H,32,34)/t16-,23+/m1/s1. The molecule has 0 saturated carbocycles. The maximum Gasteiger partial charge on any atom is 0.416 e. The van der Waals surface area contributed by atoms with Crippen molar-refractivity contribution in [2.45, 2.75) is 51.4 Å². The van der Waals surface area contributed by atoms with Crippen LogP contribution < -0.4 is 20.1 Å². The number of likely N-dealkylation sites (tertiary alicyclic amines) is 1. The fourth-order valence-electron chi connectivity index (χ4n) is 4.51. The van der Waals surface area contributed by atoms with Gasteiger partial charge < -0.3 is 25.0 Å². The Labute approximate surface area is 218 Å². The number of nitrogens with zero attached hydrogens (tertiary/aromatic N) is 1. The Morgan fingerprint density at radius 1 is 0.974 bits per heavy atom. The van der Waals surface area contributed by atoms with E-state index in [2.05, 4.69) is 10.6 Å². The van der Waals surface area contributed by atoms with Crippen LogP contribution in [0.1, 0.15) is 59.4 Å². The number of benzene rings is 2. The molecule has 0 radical (unpaired) electrons. The molecular weight excluding hydrogens is 503 g/mol. The fourth-order valence-corrected chi connectivity index (χ4v) is 4.51. The highest BCUT2D eigenvalue weighted by molar-refractivity contribution is 5.98. The van der Waals surface area contributed by atoms with E-state index >= 15 is 0 Å². The average Bonchev–Trinajstić information content (AvgIpc) is 3.39. The Morgan fingerprint density at radius 2 is 1.61 bits per heavy atom. The first-order chi connectivity index (χ1) is 18.1. The second-order valence-electron chi connectivity index (χ2n) is 9.54. The third-order valence-corrected chi connectivity index (χ3v) is 6.96. The summed E-state index contributed by atoms with van der Waals surface area (Å²) < 4.78 is 49.2. The van der Waals surface area contributed by atoms with Gasteiger partial charge in [-0.3, -0.25) is 14.4 Å². The number of hydrogen-bond acceptors (Lipinski definition) is 5. The lowest BCUT2D eigenvalue weighted by atomic mass is 9.88. The number of fused-ring (bicyclic) bond motifs is 1. The summed E-state index contributed by atoms with van der Waals surface area (Å²) in [5.74, 6) is -0.362. The van der Waals surface area contributed by atoms with Gasteiger partial charge in [-0.2, -0.15) is 13.2 Å². The van der Waals surface area contributed by atoms with E-state index < -0.39 is 23.7 Å². The topological polar surface area (TPSA) is 97.0 Å². The molecule has 204 valence electrons. The SMILES string of the molecule is CC[C@@H](C)NC(=O)[C@@H](NC(=O)c1ccc2c(c1)OCO2)C1CCN(C(=O)c2ccc(C(F)(F)F)cc2)CC1. The summed E-state index contributed by atoms with van der Waals surface area (Å²) in [7, 11) is 0. The second-order valence-corrected chi connectivity index (χ2v) is 9.54. The van der Waals surface area contributed by atoms with Crippen LogP contribution >= 0.6 is 0 Å². The normalized spacial score (nSPS) is 17.0. The van der Waals surface area contributed by atoms with Crippen molar-refractivity contribution in [1.29, 1.82) is 0 Å². The van der Waals surface area contributed by atoms with Crippen LogP contribution in [0.4, 0.5) is 13.2 Å². The van der Waals surface area contributed by atoms with E-state index in [1.807, 2.05) is 13.8 Å². The molecule has 2 aliphatic heterocycles. The molecule has 4 rings (SSSR count). The predicted octanol–water partition coefficient (Wildman–Crippen LogP) is 4.00.